The third-order valence-corrected chi connectivity index (χ3v) is 6.67. The van der Waals surface area contributed by atoms with Gasteiger partial charge in [0, 0.05) is 39.1 Å². The van der Waals surface area contributed by atoms with Crippen molar-refractivity contribution in [3.8, 4) is 6.07 Å². The number of anilines is 1. The van der Waals surface area contributed by atoms with Gasteiger partial charge in [0.25, 0.3) is 0 Å². The number of nitrogens with zero attached hydrogens (tertiary/aromatic N) is 3. The molecule has 1 aromatic heterocycles. The second-order valence-electron chi connectivity index (χ2n) is 7.96. The number of piperazine rings is 1. The number of hydrogen-bond acceptors (Lipinski definition) is 5. The summed E-state index contributed by atoms with van der Waals surface area (Å²) in [5, 5.41) is 14.3. The van der Waals surface area contributed by atoms with E-state index in [2.05, 4.69) is 21.2 Å². The van der Waals surface area contributed by atoms with Crippen molar-refractivity contribution in [3.05, 3.63) is 88.3 Å². The van der Waals surface area contributed by atoms with Gasteiger partial charge in [-0.25, -0.2) is 8.78 Å². The summed E-state index contributed by atoms with van der Waals surface area (Å²) in [5.41, 5.74) is 2.40. The molecule has 0 atom stereocenters. The smallest absolute Gasteiger partial charge is 0.226 e. The van der Waals surface area contributed by atoms with E-state index in [9.17, 15) is 13.6 Å². The lowest BCUT2D eigenvalue weighted by atomic mass is 9.96. The van der Waals surface area contributed by atoms with E-state index < -0.39 is 0 Å². The number of carbonyl (C=O) groups excluding carboxylic acids is 1. The van der Waals surface area contributed by atoms with E-state index in [1.807, 2.05) is 0 Å². The molecule has 0 unspecified atom stereocenters. The highest BCUT2D eigenvalue weighted by Crippen LogP contribution is 2.30. The van der Waals surface area contributed by atoms with Crippen molar-refractivity contribution in [1.29, 1.82) is 5.26 Å². The molecule has 2 aromatic carbocycles. The molecule has 0 bridgehead atoms. The normalized spacial score (nSPS) is 14.8. The number of nitriles is 1. The lowest BCUT2D eigenvalue weighted by molar-refractivity contribution is -0.116. The molecule has 1 aliphatic rings. The van der Waals surface area contributed by atoms with Crippen LogP contribution in [0.15, 0.2) is 60.0 Å². The van der Waals surface area contributed by atoms with Crippen LogP contribution < -0.4 is 5.32 Å². The largest absolute Gasteiger partial charge is 0.317 e. The van der Waals surface area contributed by atoms with Gasteiger partial charge in [0.1, 0.15) is 22.7 Å². The number of nitrogens with one attached hydrogen (secondary N) is 1. The van der Waals surface area contributed by atoms with E-state index in [4.69, 9.17) is 5.26 Å². The van der Waals surface area contributed by atoms with E-state index in [1.54, 1.807) is 35.7 Å². The van der Waals surface area contributed by atoms with Crippen molar-refractivity contribution in [3.63, 3.8) is 0 Å². The Hall–Kier alpha value is -3.12. The summed E-state index contributed by atoms with van der Waals surface area (Å²) in [6, 6.07) is 16.6. The predicted molar refractivity (Wildman–Crippen MR) is 125 cm³/mol. The molecule has 33 heavy (non-hydrogen) atoms. The second kappa shape index (κ2) is 10.7. The van der Waals surface area contributed by atoms with Crippen molar-refractivity contribution in [2.75, 3.05) is 38.0 Å². The molecule has 1 saturated heterocycles. The first-order chi connectivity index (χ1) is 16.0. The van der Waals surface area contributed by atoms with Gasteiger partial charge in [0.05, 0.1) is 11.6 Å². The summed E-state index contributed by atoms with van der Waals surface area (Å²) in [7, 11) is 0. The average molecular weight is 467 g/mol. The van der Waals surface area contributed by atoms with Gasteiger partial charge in [-0.3, -0.25) is 9.69 Å². The maximum absolute atomic E-state index is 13.5. The first-order valence-electron chi connectivity index (χ1n) is 10.8. The van der Waals surface area contributed by atoms with Crippen molar-refractivity contribution in [1.82, 2.24) is 9.80 Å². The number of halogens is 2. The number of rotatable bonds is 7. The predicted octanol–water partition coefficient (Wildman–Crippen LogP) is 4.63. The molecule has 1 fully saturated rings. The van der Waals surface area contributed by atoms with Gasteiger partial charge in [0.2, 0.25) is 5.91 Å². The summed E-state index contributed by atoms with van der Waals surface area (Å²) in [6.07, 6.45) is 0.349. The fourth-order valence-corrected chi connectivity index (χ4v) is 4.85. The van der Waals surface area contributed by atoms with Crippen LogP contribution >= 0.6 is 11.3 Å². The van der Waals surface area contributed by atoms with Crippen LogP contribution in [0.25, 0.3) is 0 Å². The van der Waals surface area contributed by atoms with Gasteiger partial charge in [-0.15, -0.1) is 11.3 Å². The maximum atomic E-state index is 13.5. The summed E-state index contributed by atoms with van der Waals surface area (Å²) in [5.74, 6) is -0.680. The third-order valence-electron chi connectivity index (χ3n) is 5.84. The second-order valence-corrected chi connectivity index (χ2v) is 8.87. The summed E-state index contributed by atoms with van der Waals surface area (Å²) in [4.78, 5) is 16.9. The minimum atomic E-state index is -0.288. The Balaban J connectivity index is 1.36. The van der Waals surface area contributed by atoms with E-state index >= 15 is 0 Å². The maximum Gasteiger partial charge on any atom is 0.226 e. The highest BCUT2D eigenvalue weighted by atomic mass is 32.1. The zero-order valence-corrected chi connectivity index (χ0v) is 18.8. The van der Waals surface area contributed by atoms with Crippen molar-refractivity contribution < 1.29 is 13.6 Å². The van der Waals surface area contributed by atoms with Gasteiger partial charge >= 0.3 is 0 Å². The first kappa shape index (κ1) is 23.1. The monoisotopic (exact) mass is 466 g/mol. The van der Waals surface area contributed by atoms with Crippen LogP contribution in [0.5, 0.6) is 0 Å². The third kappa shape index (κ3) is 5.82. The van der Waals surface area contributed by atoms with Gasteiger partial charge < -0.3 is 10.2 Å². The standard InChI is InChI=1S/C25H24F2N4OS/c26-21-5-1-18(2-6-21)24(19-3-7-22(27)8-4-19)31-14-12-30(13-15-31)11-9-23(32)29-25-20(17-28)10-16-33-25/h1-8,10,16,24H,9,11-15H2,(H,29,32). The molecule has 3 aromatic rings. The summed E-state index contributed by atoms with van der Waals surface area (Å²) >= 11 is 1.34. The van der Waals surface area contributed by atoms with Gasteiger partial charge in [-0.1, -0.05) is 24.3 Å². The van der Waals surface area contributed by atoms with E-state index in [1.165, 1.54) is 35.6 Å². The summed E-state index contributed by atoms with van der Waals surface area (Å²) in [6.45, 7) is 3.74. The molecule has 170 valence electrons. The minimum Gasteiger partial charge on any atom is -0.317 e. The Morgan fingerprint density at radius 3 is 2.09 bits per heavy atom. The van der Waals surface area contributed by atoms with Crippen LogP contribution in [0.3, 0.4) is 0 Å². The molecule has 2 heterocycles. The number of carbonyl (C=O) groups is 1. The molecule has 5 nitrogen and oxygen atoms in total. The Kier molecular flexibility index (Phi) is 7.45. The lowest BCUT2D eigenvalue weighted by Crippen LogP contribution is -2.48. The molecule has 1 amide bonds. The zero-order valence-electron chi connectivity index (χ0n) is 18.0. The topological polar surface area (TPSA) is 59.4 Å². The zero-order chi connectivity index (χ0) is 23.2. The van der Waals surface area contributed by atoms with Gasteiger partial charge in [-0.2, -0.15) is 5.26 Å². The number of benzene rings is 2. The van der Waals surface area contributed by atoms with Crippen molar-refractivity contribution >= 4 is 22.2 Å². The number of amides is 1. The number of hydrogen-bond donors (Lipinski definition) is 1. The molecular weight excluding hydrogens is 442 g/mol. The average Bonchev–Trinajstić information content (AvgIpc) is 3.28. The van der Waals surface area contributed by atoms with Crippen LogP contribution in [0.1, 0.15) is 29.2 Å². The minimum absolute atomic E-state index is 0.0973. The van der Waals surface area contributed by atoms with Crippen LogP contribution in [-0.4, -0.2) is 48.4 Å². The fraction of sp³-hybridized carbons (Fsp3) is 0.280. The Labute approximate surface area is 195 Å². The van der Waals surface area contributed by atoms with Crippen LogP contribution in [-0.2, 0) is 4.79 Å². The SMILES string of the molecule is N#Cc1ccsc1NC(=O)CCN1CCN(C(c2ccc(F)cc2)c2ccc(F)cc2)CC1. The van der Waals surface area contributed by atoms with Gasteiger partial charge in [-0.05, 0) is 46.8 Å². The first-order valence-corrected chi connectivity index (χ1v) is 11.7. The Bertz CT molecular complexity index is 1070. The fourth-order valence-electron chi connectivity index (χ4n) is 4.09. The molecule has 4 rings (SSSR count). The highest BCUT2D eigenvalue weighted by molar-refractivity contribution is 7.14. The van der Waals surface area contributed by atoms with E-state index in [-0.39, 0.29) is 23.6 Å². The Morgan fingerprint density at radius 1 is 0.970 bits per heavy atom. The molecule has 1 N–H and O–H groups in total. The molecule has 0 spiro atoms. The van der Waals surface area contributed by atoms with Gasteiger partial charge in [0.15, 0.2) is 0 Å². The highest BCUT2D eigenvalue weighted by Gasteiger charge is 2.26. The molecular formula is C25H24F2N4OS. The molecule has 0 radical (unpaired) electrons. The van der Waals surface area contributed by atoms with E-state index in [0.717, 1.165) is 37.3 Å². The van der Waals surface area contributed by atoms with E-state index in [0.29, 0.717) is 23.5 Å². The molecule has 0 saturated carbocycles. The van der Waals surface area contributed by atoms with Crippen LogP contribution in [0.4, 0.5) is 13.8 Å². The number of thiophene rings is 1. The lowest BCUT2D eigenvalue weighted by Gasteiger charge is -2.39. The summed E-state index contributed by atoms with van der Waals surface area (Å²) < 4.78 is 27.0. The molecule has 1 aliphatic heterocycles. The molecule has 8 heteroatoms. The van der Waals surface area contributed by atoms with Crippen molar-refractivity contribution in [2.24, 2.45) is 0 Å². The molecule has 0 aliphatic carbocycles. The van der Waals surface area contributed by atoms with Crippen LogP contribution in [0, 0.1) is 23.0 Å². The van der Waals surface area contributed by atoms with Crippen molar-refractivity contribution in [2.45, 2.75) is 12.5 Å². The van der Waals surface area contributed by atoms with Crippen LogP contribution in [0.2, 0.25) is 0 Å². The Morgan fingerprint density at radius 2 is 1.55 bits per heavy atom. The quantitative estimate of drug-likeness (QED) is 0.552.